The van der Waals surface area contributed by atoms with Gasteiger partial charge in [0, 0.05) is 25.0 Å². The van der Waals surface area contributed by atoms with Gasteiger partial charge in [0.2, 0.25) is 0 Å². The number of benzene rings is 1. The molecule has 0 aliphatic carbocycles. The summed E-state index contributed by atoms with van der Waals surface area (Å²) < 4.78 is 12.0. The molecule has 1 heterocycles. The quantitative estimate of drug-likeness (QED) is 0.800. The number of methoxy groups -OCH3 is 2. The summed E-state index contributed by atoms with van der Waals surface area (Å²) >= 11 is 0. The zero-order valence-corrected chi connectivity index (χ0v) is 12.2. The molecule has 0 unspecified atom stereocenters. The van der Waals surface area contributed by atoms with Gasteiger partial charge in [0.25, 0.3) is 5.91 Å². The molecule has 2 rings (SSSR count). The number of nitrogens with zero attached hydrogens (tertiary/aromatic N) is 2. The van der Waals surface area contributed by atoms with Gasteiger partial charge in [0.15, 0.2) is 11.5 Å². The van der Waals surface area contributed by atoms with Gasteiger partial charge in [-0.1, -0.05) is 0 Å². The molecule has 0 radical (unpaired) electrons. The van der Waals surface area contributed by atoms with Crippen LogP contribution in [0.2, 0.25) is 0 Å². The zero-order valence-electron chi connectivity index (χ0n) is 12.2. The number of aromatic nitrogens is 2. The van der Waals surface area contributed by atoms with Gasteiger partial charge < -0.3 is 20.5 Å². The minimum absolute atomic E-state index is 0.292. The van der Waals surface area contributed by atoms with Crippen molar-refractivity contribution in [1.82, 2.24) is 15.1 Å². The lowest BCUT2D eigenvalue weighted by Crippen LogP contribution is -2.24. The van der Waals surface area contributed by atoms with Crippen LogP contribution in [0.1, 0.15) is 16.1 Å². The largest absolute Gasteiger partial charge is 0.493 e. The Balaban J connectivity index is 2.15. The van der Waals surface area contributed by atoms with E-state index in [-0.39, 0.29) is 5.91 Å². The Bertz CT molecular complexity index is 652. The van der Waals surface area contributed by atoms with E-state index in [1.54, 1.807) is 16.8 Å². The van der Waals surface area contributed by atoms with E-state index in [0.717, 1.165) is 5.69 Å². The molecular formula is C14H18N4O3. The average Bonchev–Trinajstić information content (AvgIpc) is 2.90. The number of hydrogen-bond donors (Lipinski definition) is 2. The van der Waals surface area contributed by atoms with Gasteiger partial charge in [-0.25, -0.2) is 0 Å². The fourth-order valence-corrected chi connectivity index (χ4v) is 1.91. The zero-order chi connectivity index (χ0) is 15.4. The molecule has 0 aliphatic heterocycles. The number of hydrogen-bond acceptors (Lipinski definition) is 5. The third-order valence-corrected chi connectivity index (χ3v) is 3.00. The van der Waals surface area contributed by atoms with Crippen molar-refractivity contribution in [1.29, 1.82) is 0 Å². The van der Waals surface area contributed by atoms with Crippen LogP contribution < -0.4 is 20.5 Å². The summed E-state index contributed by atoms with van der Waals surface area (Å²) in [5.74, 6) is 0.644. The molecule has 1 aromatic carbocycles. The Morgan fingerprint density at radius 3 is 2.57 bits per heavy atom. The molecule has 7 nitrogen and oxygen atoms in total. The highest BCUT2D eigenvalue weighted by Gasteiger charge is 2.15. The molecule has 0 spiro atoms. The number of carbonyl (C=O) groups is 1. The normalized spacial score (nSPS) is 10.2. The first-order valence-electron chi connectivity index (χ1n) is 6.33. The van der Waals surface area contributed by atoms with Crippen LogP contribution in [0.15, 0.2) is 24.4 Å². The Kier molecular flexibility index (Phi) is 4.32. The summed E-state index contributed by atoms with van der Waals surface area (Å²) in [6, 6.07) is 4.95. The molecule has 0 saturated carbocycles. The van der Waals surface area contributed by atoms with Gasteiger partial charge in [0.05, 0.1) is 32.0 Å². The van der Waals surface area contributed by atoms with Crippen molar-refractivity contribution in [2.45, 2.75) is 6.54 Å². The van der Waals surface area contributed by atoms with Gasteiger partial charge in [-0.05, 0) is 12.1 Å². The summed E-state index contributed by atoms with van der Waals surface area (Å²) in [6.07, 6.45) is 1.81. The Morgan fingerprint density at radius 2 is 2.00 bits per heavy atom. The SMILES string of the molecule is COc1cc(N)c(C(=O)NCc2ccn(C)n2)cc1OC. The molecule has 1 amide bonds. The lowest BCUT2D eigenvalue weighted by Gasteiger charge is -2.12. The lowest BCUT2D eigenvalue weighted by atomic mass is 10.1. The molecule has 0 bridgehead atoms. The van der Waals surface area contributed by atoms with E-state index in [1.165, 1.54) is 14.2 Å². The van der Waals surface area contributed by atoms with Crippen LogP contribution in [0, 0.1) is 0 Å². The maximum Gasteiger partial charge on any atom is 0.253 e. The number of aryl methyl sites for hydroxylation is 1. The highest BCUT2D eigenvalue weighted by Crippen LogP contribution is 2.31. The molecular weight excluding hydrogens is 272 g/mol. The number of nitrogens with two attached hydrogens (primary N) is 1. The molecule has 0 saturated heterocycles. The van der Waals surface area contributed by atoms with Crippen molar-refractivity contribution in [2.75, 3.05) is 20.0 Å². The fourth-order valence-electron chi connectivity index (χ4n) is 1.91. The smallest absolute Gasteiger partial charge is 0.253 e. The maximum absolute atomic E-state index is 12.2. The predicted molar refractivity (Wildman–Crippen MR) is 78.3 cm³/mol. The topological polar surface area (TPSA) is 91.4 Å². The minimum Gasteiger partial charge on any atom is -0.493 e. The number of nitrogens with one attached hydrogen (secondary N) is 1. The van der Waals surface area contributed by atoms with Crippen molar-refractivity contribution < 1.29 is 14.3 Å². The average molecular weight is 290 g/mol. The van der Waals surface area contributed by atoms with Crippen molar-refractivity contribution >= 4 is 11.6 Å². The summed E-state index contributed by atoms with van der Waals surface area (Å²) in [7, 11) is 4.83. The van der Waals surface area contributed by atoms with Gasteiger partial charge >= 0.3 is 0 Å². The molecule has 0 atom stereocenters. The summed E-state index contributed by atoms with van der Waals surface area (Å²) in [4.78, 5) is 12.2. The summed E-state index contributed by atoms with van der Waals surface area (Å²) in [5.41, 5.74) is 7.31. The van der Waals surface area contributed by atoms with Gasteiger partial charge in [0.1, 0.15) is 0 Å². The number of amides is 1. The Hall–Kier alpha value is -2.70. The highest BCUT2D eigenvalue weighted by atomic mass is 16.5. The first-order chi connectivity index (χ1) is 10.0. The van der Waals surface area contributed by atoms with Crippen molar-refractivity contribution in [3.8, 4) is 11.5 Å². The van der Waals surface area contributed by atoms with E-state index < -0.39 is 0 Å². The van der Waals surface area contributed by atoms with E-state index in [9.17, 15) is 4.79 Å². The molecule has 2 aromatic rings. The van der Waals surface area contributed by atoms with Gasteiger partial charge in [-0.2, -0.15) is 5.10 Å². The molecule has 3 N–H and O–H groups in total. The third-order valence-electron chi connectivity index (χ3n) is 3.00. The third kappa shape index (κ3) is 3.25. The Labute approximate surface area is 122 Å². The summed E-state index contributed by atoms with van der Waals surface area (Å²) in [5, 5.41) is 6.95. The van der Waals surface area contributed by atoms with E-state index >= 15 is 0 Å². The van der Waals surface area contributed by atoms with Crippen LogP contribution >= 0.6 is 0 Å². The van der Waals surface area contributed by atoms with E-state index in [0.29, 0.717) is 29.3 Å². The van der Waals surface area contributed by atoms with Crippen LogP contribution in [0.5, 0.6) is 11.5 Å². The monoisotopic (exact) mass is 290 g/mol. The predicted octanol–water partition coefficient (Wildman–Crippen LogP) is 0.949. The molecule has 7 heteroatoms. The highest BCUT2D eigenvalue weighted by molar-refractivity contribution is 6.00. The van der Waals surface area contributed by atoms with E-state index in [2.05, 4.69) is 10.4 Å². The molecule has 21 heavy (non-hydrogen) atoms. The first-order valence-corrected chi connectivity index (χ1v) is 6.33. The Morgan fingerprint density at radius 1 is 1.33 bits per heavy atom. The maximum atomic E-state index is 12.2. The second kappa shape index (κ2) is 6.17. The number of carbonyl (C=O) groups excluding carboxylic acids is 1. The van der Waals surface area contributed by atoms with Crippen LogP contribution in [0.3, 0.4) is 0 Å². The van der Waals surface area contributed by atoms with Crippen LogP contribution in [-0.2, 0) is 13.6 Å². The molecule has 112 valence electrons. The summed E-state index contributed by atoms with van der Waals surface area (Å²) in [6.45, 7) is 0.327. The molecule has 0 aliphatic rings. The molecule has 0 fully saturated rings. The van der Waals surface area contributed by atoms with Gasteiger partial charge in [-0.3, -0.25) is 9.48 Å². The number of ether oxygens (including phenoxy) is 2. The number of nitrogen functional groups attached to an aromatic ring is 1. The van der Waals surface area contributed by atoms with Gasteiger partial charge in [-0.15, -0.1) is 0 Å². The van der Waals surface area contributed by atoms with Crippen molar-refractivity contribution in [3.63, 3.8) is 0 Å². The minimum atomic E-state index is -0.292. The second-order valence-corrected chi connectivity index (χ2v) is 4.46. The number of rotatable bonds is 5. The van der Waals surface area contributed by atoms with E-state index in [1.807, 2.05) is 19.3 Å². The van der Waals surface area contributed by atoms with Crippen LogP contribution in [0.4, 0.5) is 5.69 Å². The van der Waals surface area contributed by atoms with Crippen molar-refractivity contribution in [2.24, 2.45) is 7.05 Å². The number of anilines is 1. The van der Waals surface area contributed by atoms with Crippen molar-refractivity contribution in [3.05, 3.63) is 35.7 Å². The molecule has 1 aromatic heterocycles. The van der Waals surface area contributed by atoms with Crippen LogP contribution in [-0.4, -0.2) is 29.9 Å². The standard InChI is InChI=1S/C14H18N4O3/c1-18-5-4-9(17-18)8-16-14(19)10-6-12(20-2)13(21-3)7-11(10)15/h4-7H,8,15H2,1-3H3,(H,16,19). The second-order valence-electron chi connectivity index (χ2n) is 4.46. The lowest BCUT2D eigenvalue weighted by molar-refractivity contribution is 0.0951. The fraction of sp³-hybridized carbons (Fsp3) is 0.286. The van der Waals surface area contributed by atoms with E-state index in [4.69, 9.17) is 15.2 Å². The first kappa shape index (κ1) is 14.7. The van der Waals surface area contributed by atoms with Crippen LogP contribution in [0.25, 0.3) is 0 Å².